The molecule has 5 nitrogen and oxygen atoms in total. The average Bonchev–Trinajstić information content (AvgIpc) is 2.15. The fraction of sp³-hybridized carbons (Fsp3) is 0.375. The third-order valence-electron chi connectivity index (χ3n) is 1.31. The normalized spacial score (nSPS) is 9.86. The van der Waals surface area contributed by atoms with Gasteiger partial charge in [-0.2, -0.15) is 0 Å². The third kappa shape index (κ3) is 3.68. The van der Waals surface area contributed by atoms with Gasteiger partial charge >= 0.3 is 0 Å². The van der Waals surface area contributed by atoms with Crippen LogP contribution in [0, 0.1) is 0 Å². The summed E-state index contributed by atoms with van der Waals surface area (Å²) in [6.45, 7) is 2.29. The molecule has 0 bridgehead atoms. The van der Waals surface area contributed by atoms with E-state index in [1.54, 1.807) is 0 Å². The Morgan fingerprint density at radius 1 is 1.71 bits per heavy atom. The first kappa shape index (κ1) is 10.9. The van der Waals surface area contributed by atoms with Gasteiger partial charge in [0, 0.05) is 12.8 Å². The Labute approximate surface area is 86.5 Å². The second-order valence-electron chi connectivity index (χ2n) is 2.39. The summed E-state index contributed by atoms with van der Waals surface area (Å²) in [6, 6.07) is 1.53. The van der Waals surface area contributed by atoms with E-state index in [2.05, 4.69) is 15.3 Å². The van der Waals surface area contributed by atoms with Gasteiger partial charge in [0.15, 0.2) is 0 Å². The molecule has 0 radical (unpaired) electrons. The number of carbonyl (C=O) groups is 1. The van der Waals surface area contributed by atoms with Crippen molar-refractivity contribution in [3.8, 4) is 0 Å². The van der Waals surface area contributed by atoms with Gasteiger partial charge in [-0.05, 0) is 13.0 Å². The van der Waals surface area contributed by atoms with Crippen molar-refractivity contribution in [2.45, 2.75) is 6.92 Å². The number of ether oxygens (including phenoxy) is 1. The first-order valence-corrected chi connectivity index (χ1v) is 4.46. The van der Waals surface area contributed by atoms with Crippen molar-refractivity contribution in [3.63, 3.8) is 0 Å². The number of hydrogen-bond donors (Lipinski definition) is 1. The maximum absolute atomic E-state index is 11.1. The van der Waals surface area contributed by atoms with Crippen molar-refractivity contribution in [2.75, 3.05) is 18.5 Å². The highest BCUT2D eigenvalue weighted by atomic mass is 35.5. The molecule has 1 rings (SSSR count). The van der Waals surface area contributed by atoms with Crippen LogP contribution in [-0.4, -0.2) is 29.1 Å². The summed E-state index contributed by atoms with van der Waals surface area (Å²) in [5.74, 6) is -0.115. The number of carbonyl (C=O) groups excluding carboxylic acids is 1. The number of rotatable bonds is 4. The van der Waals surface area contributed by atoms with E-state index in [1.165, 1.54) is 12.3 Å². The number of hydrogen-bond acceptors (Lipinski definition) is 4. The SMILES string of the molecule is CCOCC(=O)Nc1nccc(Cl)n1. The molecule has 0 unspecified atom stereocenters. The summed E-state index contributed by atoms with van der Waals surface area (Å²) in [5.41, 5.74) is 0. The van der Waals surface area contributed by atoms with Gasteiger partial charge in [0.2, 0.25) is 5.95 Å². The summed E-state index contributed by atoms with van der Waals surface area (Å²) >= 11 is 5.60. The van der Waals surface area contributed by atoms with Crippen LogP contribution < -0.4 is 5.32 Å². The predicted molar refractivity (Wildman–Crippen MR) is 52.2 cm³/mol. The lowest BCUT2D eigenvalue weighted by molar-refractivity contribution is -0.120. The zero-order valence-corrected chi connectivity index (χ0v) is 8.41. The zero-order valence-electron chi connectivity index (χ0n) is 7.66. The molecular formula is C8H10ClN3O2. The predicted octanol–water partition coefficient (Wildman–Crippen LogP) is 1.10. The maximum atomic E-state index is 11.1. The van der Waals surface area contributed by atoms with E-state index in [4.69, 9.17) is 16.3 Å². The summed E-state index contributed by atoms with van der Waals surface area (Å²) in [6.07, 6.45) is 1.46. The van der Waals surface area contributed by atoms with Crippen molar-refractivity contribution in [1.82, 2.24) is 9.97 Å². The van der Waals surface area contributed by atoms with Crippen molar-refractivity contribution in [3.05, 3.63) is 17.4 Å². The maximum Gasteiger partial charge on any atom is 0.252 e. The quantitative estimate of drug-likeness (QED) is 0.765. The minimum atomic E-state index is -0.297. The number of nitrogens with zero attached hydrogens (tertiary/aromatic N) is 2. The Kier molecular flexibility index (Phi) is 4.28. The Morgan fingerprint density at radius 3 is 3.14 bits per heavy atom. The van der Waals surface area contributed by atoms with Crippen molar-refractivity contribution < 1.29 is 9.53 Å². The zero-order chi connectivity index (χ0) is 10.4. The van der Waals surface area contributed by atoms with Crippen LogP contribution in [0.5, 0.6) is 0 Å². The molecule has 0 aromatic carbocycles. The van der Waals surface area contributed by atoms with Crippen LogP contribution in [0.25, 0.3) is 0 Å². The lowest BCUT2D eigenvalue weighted by Gasteiger charge is -2.02. The molecule has 14 heavy (non-hydrogen) atoms. The number of halogens is 1. The molecule has 1 aromatic rings. The molecule has 0 saturated heterocycles. The topological polar surface area (TPSA) is 64.1 Å². The van der Waals surface area contributed by atoms with Crippen LogP contribution >= 0.6 is 11.6 Å². The van der Waals surface area contributed by atoms with Crippen LogP contribution in [-0.2, 0) is 9.53 Å². The highest BCUT2D eigenvalue weighted by molar-refractivity contribution is 6.29. The molecule has 6 heteroatoms. The second-order valence-corrected chi connectivity index (χ2v) is 2.78. The lowest BCUT2D eigenvalue weighted by atomic mass is 10.6. The van der Waals surface area contributed by atoms with E-state index >= 15 is 0 Å². The standard InChI is InChI=1S/C8H10ClN3O2/c1-2-14-5-7(13)12-8-10-4-3-6(9)11-8/h3-4H,2,5H2,1H3,(H,10,11,12,13). The van der Waals surface area contributed by atoms with Crippen LogP contribution in [0.15, 0.2) is 12.3 Å². The summed E-state index contributed by atoms with van der Waals surface area (Å²) in [4.78, 5) is 18.7. The fourth-order valence-corrected chi connectivity index (χ4v) is 0.889. The van der Waals surface area contributed by atoms with Gasteiger partial charge in [0.05, 0.1) is 0 Å². The third-order valence-corrected chi connectivity index (χ3v) is 1.52. The number of amides is 1. The molecule has 1 heterocycles. The fourth-order valence-electron chi connectivity index (χ4n) is 0.752. The molecule has 1 amide bonds. The molecule has 0 saturated carbocycles. The number of aromatic nitrogens is 2. The van der Waals surface area contributed by atoms with Gasteiger partial charge in [-0.3, -0.25) is 10.1 Å². The van der Waals surface area contributed by atoms with Crippen molar-refractivity contribution in [2.24, 2.45) is 0 Å². The van der Waals surface area contributed by atoms with E-state index < -0.39 is 0 Å². The van der Waals surface area contributed by atoms with Crippen LogP contribution in [0.1, 0.15) is 6.92 Å². The molecule has 0 aliphatic carbocycles. The smallest absolute Gasteiger partial charge is 0.252 e. The average molecular weight is 216 g/mol. The minimum Gasteiger partial charge on any atom is -0.372 e. The highest BCUT2D eigenvalue weighted by Crippen LogP contribution is 2.05. The summed E-state index contributed by atoms with van der Waals surface area (Å²) in [5, 5.41) is 2.73. The highest BCUT2D eigenvalue weighted by Gasteiger charge is 2.03. The van der Waals surface area contributed by atoms with E-state index in [1.807, 2.05) is 6.92 Å². The Balaban J connectivity index is 2.47. The van der Waals surface area contributed by atoms with Gasteiger partial charge in [-0.15, -0.1) is 0 Å². The summed E-state index contributed by atoms with van der Waals surface area (Å²) in [7, 11) is 0. The van der Waals surface area contributed by atoms with Gasteiger partial charge < -0.3 is 4.74 Å². The largest absolute Gasteiger partial charge is 0.372 e. The van der Waals surface area contributed by atoms with Gasteiger partial charge in [0.1, 0.15) is 11.8 Å². The van der Waals surface area contributed by atoms with Crippen molar-refractivity contribution in [1.29, 1.82) is 0 Å². The molecule has 0 spiro atoms. The van der Waals surface area contributed by atoms with Crippen molar-refractivity contribution >= 4 is 23.5 Å². The van der Waals surface area contributed by atoms with Gasteiger partial charge in [-0.25, -0.2) is 9.97 Å². The number of nitrogens with one attached hydrogen (secondary N) is 1. The number of anilines is 1. The van der Waals surface area contributed by atoms with Gasteiger partial charge in [0.25, 0.3) is 5.91 Å². The van der Waals surface area contributed by atoms with Crippen LogP contribution in [0.2, 0.25) is 5.15 Å². The monoisotopic (exact) mass is 215 g/mol. The first-order valence-electron chi connectivity index (χ1n) is 4.08. The van der Waals surface area contributed by atoms with E-state index in [-0.39, 0.29) is 23.6 Å². The molecule has 0 atom stereocenters. The lowest BCUT2D eigenvalue weighted by Crippen LogP contribution is -2.19. The Morgan fingerprint density at radius 2 is 2.50 bits per heavy atom. The molecule has 0 aliphatic rings. The molecule has 76 valence electrons. The second kappa shape index (κ2) is 5.51. The molecule has 1 N–H and O–H groups in total. The first-order chi connectivity index (χ1) is 6.72. The molecule has 0 fully saturated rings. The summed E-state index contributed by atoms with van der Waals surface area (Å²) < 4.78 is 4.90. The molecular weight excluding hydrogens is 206 g/mol. The Bertz CT molecular complexity index is 319. The minimum absolute atomic E-state index is 0.00757. The van der Waals surface area contributed by atoms with Crippen LogP contribution in [0.4, 0.5) is 5.95 Å². The van der Waals surface area contributed by atoms with E-state index in [9.17, 15) is 4.79 Å². The van der Waals surface area contributed by atoms with Crippen LogP contribution in [0.3, 0.4) is 0 Å². The Hall–Kier alpha value is -1.20. The van der Waals surface area contributed by atoms with E-state index in [0.29, 0.717) is 6.61 Å². The molecule has 0 aliphatic heterocycles. The van der Waals surface area contributed by atoms with E-state index in [0.717, 1.165) is 0 Å². The van der Waals surface area contributed by atoms with Gasteiger partial charge in [-0.1, -0.05) is 11.6 Å². The molecule has 1 aromatic heterocycles.